The number of nitrogens with zero attached hydrogens (tertiary/aromatic N) is 7. The normalized spacial score (nSPS) is 16.8. The van der Waals surface area contributed by atoms with Crippen molar-refractivity contribution >= 4 is 17.1 Å². The molecule has 0 bridgehead atoms. The number of rotatable bonds is 3. The number of fused-ring (bicyclic) bond motifs is 1. The first-order chi connectivity index (χ1) is 15.0. The highest BCUT2D eigenvalue weighted by Crippen LogP contribution is 2.30. The summed E-state index contributed by atoms with van der Waals surface area (Å²) in [6.45, 7) is 3.34. The number of hydrogen-bond acceptors (Lipinski definition) is 7. The molecule has 0 unspecified atom stereocenters. The minimum atomic E-state index is -0.719. The molecule has 0 amide bonds. The molecule has 4 aromatic rings. The fourth-order valence-electron chi connectivity index (χ4n) is 3.63. The minimum Gasteiger partial charge on any atom is -0.370 e. The summed E-state index contributed by atoms with van der Waals surface area (Å²) >= 11 is 0. The minimum absolute atomic E-state index is 0.144. The van der Waals surface area contributed by atoms with Gasteiger partial charge in [0, 0.05) is 43.2 Å². The summed E-state index contributed by atoms with van der Waals surface area (Å²) < 4.78 is 35.7. The monoisotopic (exact) mass is 423 g/mol. The number of aromatic nitrogens is 6. The molecule has 1 aliphatic rings. The van der Waals surface area contributed by atoms with Crippen LogP contribution in [0.1, 0.15) is 17.4 Å². The van der Waals surface area contributed by atoms with E-state index < -0.39 is 11.6 Å². The predicted molar refractivity (Wildman–Crippen MR) is 109 cm³/mol. The predicted octanol–water partition coefficient (Wildman–Crippen LogP) is 2.98. The van der Waals surface area contributed by atoms with Gasteiger partial charge in [0.05, 0.1) is 25.0 Å². The van der Waals surface area contributed by atoms with Gasteiger partial charge in [0.1, 0.15) is 28.9 Å². The number of morpholine rings is 1. The quantitative estimate of drug-likeness (QED) is 0.501. The fraction of sp³-hybridized carbons (Fsp3) is 0.286. The zero-order chi connectivity index (χ0) is 21.5. The van der Waals surface area contributed by atoms with Crippen molar-refractivity contribution in [3.8, 4) is 11.3 Å². The van der Waals surface area contributed by atoms with Gasteiger partial charge in [0.2, 0.25) is 5.95 Å². The molecule has 1 aliphatic heterocycles. The van der Waals surface area contributed by atoms with Crippen LogP contribution in [0.5, 0.6) is 0 Å². The lowest BCUT2D eigenvalue weighted by atomic mass is 10.1. The van der Waals surface area contributed by atoms with Crippen LogP contribution in [0, 0.1) is 18.6 Å². The maximum Gasteiger partial charge on any atom is 0.228 e. The maximum atomic E-state index is 14.6. The van der Waals surface area contributed by atoms with Crippen molar-refractivity contribution in [2.45, 2.75) is 13.0 Å². The lowest BCUT2D eigenvalue weighted by molar-refractivity contribution is 0.0392. The molecule has 1 aromatic carbocycles. The SMILES string of the molecule is Cc1cnc2c(-c3ccc(F)cc3F)nc(N3CCO[C@@H](c4cnn(C)c4)C3)nc2n1. The van der Waals surface area contributed by atoms with Gasteiger partial charge in [-0.05, 0) is 19.1 Å². The fourth-order valence-corrected chi connectivity index (χ4v) is 3.63. The molecule has 5 rings (SSSR count). The van der Waals surface area contributed by atoms with E-state index in [1.54, 1.807) is 24.0 Å². The Morgan fingerprint density at radius 3 is 2.77 bits per heavy atom. The largest absolute Gasteiger partial charge is 0.370 e. The van der Waals surface area contributed by atoms with Crippen LogP contribution in [-0.2, 0) is 11.8 Å². The van der Waals surface area contributed by atoms with E-state index in [4.69, 9.17) is 4.74 Å². The van der Waals surface area contributed by atoms with E-state index in [1.807, 2.05) is 18.1 Å². The third kappa shape index (κ3) is 3.70. The Labute approximate surface area is 176 Å². The Balaban J connectivity index is 1.60. The van der Waals surface area contributed by atoms with Crippen molar-refractivity contribution in [2.24, 2.45) is 7.05 Å². The van der Waals surface area contributed by atoms with E-state index in [9.17, 15) is 8.78 Å². The summed E-state index contributed by atoms with van der Waals surface area (Å²) in [5.74, 6) is -0.985. The number of anilines is 1. The van der Waals surface area contributed by atoms with Crippen molar-refractivity contribution in [2.75, 3.05) is 24.6 Å². The van der Waals surface area contributed by atoms with E-state index in [0.717, 1.165) is 11.6 Å². The van der Waals surface area contributed by atoms with Crippen LogP contribution in [0.2, 0.25) is 0 Å². The van der Waals surface area contributed by atoms with Crippen LogP contribution in [-0.4, -0.2) is 49.4 Å². The number of halogens is 2. The Bertz CT molecular complexity index is 1280. The van der Waals surface area contributed by atoms with Crippen LogP contribution < -0.4 is 4.90 Å². The summed E-state index contributed by atoms with van der Waals surface area (Å²) in [6, 6.07) is 3.38. The molecule has 31 heavy (non-hydrogen) atoms. The van der Waals surface area contributed by atoms with Gasteiger partial charge in [0.15, 0.2) is 5.65 Å². The Morgan fingerprint density at radius 1 is 1.13 bits per heavy atom. The second-order valence-corrected chi connectivity index (χ2v) is 7.43. The van der Waals surface area contributed by atoms with Gasteiger partial charge in [-0.25, -0.2) is 23.7 Å². The molecule has 10 heteroatoms. The molecule has 1 saturated heterocycles. The van der Waals surface area contributed by atoms with Gasteiger partial charge in [0.25, 0.3) is 0 Å². The lowest BCUT2D eigenvalue weighted by Gasteiger charge is -2.32. The molecule has 0 N–H and O–H groups in total. The van der Waals surface area contributed by atoms with Gasteiger partial charge >= 0.3 is 0 Å². The first kappa shape index (κ1) is 19.4. The highest BCUT2D eigenvalue weighted by Gasteiger charge is 2.26. The topological polar surface area (TPSA) is 81.9 Å². The molecule has 0 spiro atoms. The molecule has 8 nitrogen and oxygen atoms in total. The molecule has 0 saturated carbocycles. The Hall–Kier alpha value is -3.53. The highest BCUT2D eigenvalue weighted by molar-refractivity contribution is 5.88. The van der Waals surface area contributed by atoms with Crippen molar-refractivity contribution in [3.63, 3.8) is 0 Å². The van der Waals surface area contributed by atoms with Crippen molar-refractivity contribution in [1.82, 2.24) is 29.7 Å². The standard InChI is InChI=1S/C21H19F2N7O/c1-12-8-24-19-18(15-4-3-14(22)7-16(15)23)27-21(28-20(19)26-12)30-5-6-31-17(11-30)13-9-25-29(2)10-13/h3-4,7-10,17H,5-6,11H2,1-2H3/t17-/m1/s1. The van der Waals surface area contributed by atoms with Gasteiger partial charge in [-0.1, -0.05) is 0 Å². The summed E-state index contributed by atoms with van der Waals surface area (Å²) in [6.07, 6.45) is 5.05. The zero-order valence-electron chi connectivity index (χ0n) is 17.0. The molecule has 0 radical (unpaired) electrons. The van der Waals surface area contributed by atoms with E-state index in [-0.39, 0.29) is 17.4 Å². The molecular formula is C21H19F2N7O. The first-order valence-corrected chi connectivity index (χ1v) is 9.80. The molecule has 158 valence electrons. The first-order valence-electron chi connectivity index (χ1n) is 9.80. The van der Waals surface area contributed by atoms with Gasteiger partial charge in [-0.2, -0.15) is 10.1 Å². The Morgan fingerprint density at radius 2 is 2.00 bits per heavy atom. The van der Waals surface area contributed by atoms with E-state index in [0.29, 0.717) is 42.5 Å². The molecule has 4 heterocycles. The number of benzene rings is 1. The smallest absolute Gasteiger partial charge is 0.228 e. The van der Waals surface area contributed by atoms with Crippen molar-refractivity contribution in [1.29, 1.82) is 0 Å². The van der Waals surface area contributed by atoms with Crippen molar-refractivity contribution < 1.29 is 13.5 Å². The van der Waals surface area contributed by atoms with Crippen LogP contribution in [0.3, 0.4) is 0 Å². The number of aryl methyl sites for hydroxylation is 2. The second-order valence-electron chi connectivity index (χ2n) is 7.43. The highest BCUT2D eigenvalue weighted by atomic mass is 19.1. The van der Waals surface area contributed by atoms with Gasteiger partial charge in [-0.3, -0.25) is 4.68 Å². The third-order valence-corrected chi connectivity index (χ3v) is 5.15. The molecule has 1 fully saturated rings. The van der Waals surface area contributed by atoms with Crippen LogP contribution in [0.25, 0.3) is 22.4 Å². The number of ether oxygens (including phenoxy) is 1. The summed E-state index contributed by atoms with van der Waals surface area (Å²) in [5.41, 5.74) is 2.76. The van der Waals surface area contributed by atoms with E-state index in [2.05, 4.69) is 25.0 Å². The van der Waals surface area contributed by atoms with Crippen molar-refractivity contribution in [3.05, 3.63) is 59.7 Å². The zero-order valence-corrected chi connectivity index (χ0v) is 17.0. The molecule has 3 aromatic heterocycles. The van der Waals surface area contributed by atoms with E-state index >= 15 is 0 Å². The van der Waals surface area contributed by atoms with Crippen LogP contribution in [0.4, 0.5) is 14.7 Å². The Kier molecular flexibility index (Phi) is 4.78. The second kappa shape index (κ2) is 7.62. The molecule has 1 atom stereocenters. The van der Waals surface area contributed by atoms with Crippen LogP contribution >= 0.6 is 0 Å². The molecule has 0 aliphatic carbocycles. The summed E-state index contributed by atoms with van der Waals surface area (Å²) in [7, 11) is 1.85. The van der Waals surface area contributed by atoms with Crippen LogP contribution in [0.15, 0.2) is 36.8 Å². The van der Waals surface area contributed by atoms with E-state index in [1.165, 1.54) is 12.1 Å². The lowest BCUT2D eigenvalue weighted by Crippen LogP contribution is -2.39. The maximum absolute atomic E-state index is 14.6. The molecular weight excluding hydrogens is 404 g/mol. The van der Waals surface area contributed by atoms with Gasteiger partial charge < -0.3 is 9.64 Å². The average molecular weight is 423 g/mol. The summed E-state index contributed by atoms with van der Waals surface area (Å²) in [4.78, 5) is 20.0. The number of hydrogen-bond donors (Lipinski definition) is 0. The van der Waals surface area contributed by atoms with Gasteiger partial charge in [-0.15, -0.1) is 0 Å². The summed E-state index contributed by atoms with van der Waals surface area (Å²) in [5, 5.41) is 4.21. The average Bonchev–Trinajstić information content (AvgIpc) is 3.19. The third-order valence-electron chi connectivity index (χ3n) is 5.15.